The first-order valence-electron chi connectivity index (χ1n) is 11.9. The van der Waals surface area contributed by atoms with Crippen molar-refractivity contribution in [2.45, 2.75) is 56.8 Å². The molecule has 3 N–H and O–H groups in total. The number of hydrogen-bond donors (Lipinski definition) is 2. The van der Waals surface area contributed by atoms with E-state index in [1.165, 1.54) is 6.33 Å². The number of nitrogens with two attached hydrogens (primary N) is 1. The Morgan fingerprint density at radius 1 is 1.39 bits per heavy atom. The smallest absolute Gasteiger partial charge is 0.406 e. The number of esters is 1. The van der Waals surface area contributed by atoms with E-state index in [9.17, 15) is 9.36 Å². The van der Waals surface area contributed by atoms with Gasteiger partial charge in [0.25, 0.3) is 0 Å². The minimum atomic E-state index is -4.01. The van der Waals surface area contributed by atoms with Crippen molar-refractivity contribution < 1.29 is 27.9 Å². The number of hydrogen-bond acceptors (Lipinski definition) is 10. The van der Waals surface area contributed by atoms with Gasteiger partial charge in [-0.15, -0.1) is 6.42 Å². The number of benzene rings is 1. The van der Waals surface area contributed by atoms with Crippen LogP contribution in [0.25, 0.3) is 11.2 Å². The lowest BCUT2D eigenvalue weighted by Gasteiger charge is -2.38. The lowest BCUT2D eigenvalue weighted by molar-refractivity contribution is -0.149. The Morgan fingerprint density at radius 2 is 2.16 bits per heavy atom. The third-order valence-electron chi connectivity index (χ3n) is 6.21. The molecule has 38 heavy (non-hydrogen) atoms. The molecule has 1 unspecified atom stereocenters. The van der Waals surface area contributed by atoms with Crippen LogP contribution in [0.3, 0.4) is 0 Å². The van der Waals surface area contributed by atoms with Gasteiger partial charge in [-0.05, 0) is 37.4 Å². The van der Waals surface area contributed by atoms with Crippen LogP contribution in [-0.2, 0) is 34.3 Å². The average Bonchev–Trinajstić information content (AvgIpc) is 3.45. The quantitative estimate of drug-likeness (QED) is 0.190. The van der Waals surface area contributed by atoms with E-state index in [1.54, 1.807) is 18.4 Å². The molecule has 0 amide bonds. The molecule has 2 fully saturated rings. The Hall–Kier alpha value is -3.04. The monoisotopic (exact) mass is 560 g/mol. The van der Waals surface area contributed by atoms with Crippen LogP contribution in [0.4, 0.5) is 5.82 Å². The van der Waals surface area contributed by atoms with Crippen molar-refractivity contribution in [3.05, 3.63) is 47.5 Å². The summed E-state index contributed by atoms with van der Waals surface area (Å²) in [4.78, 5) is 25.3. The zero-order valence-electron chi connectivity index (χ0n) is 20.6. The Labute approximate surface area is 223 Å². The first-order chi connectivity index (χ1) is 18.1. The highest BCUT2D eigenvalue weighted by Gasteiger charge is 2.57. The second-order valence-electron chi connectivity index (χ2n) is 9.27. The zero-order chi connectivity index (χ0) is 27.1. The number of terminal acetylenes is 1. The van der Waals surface area contributed by atoms with Gasteiger partial charge >= 0.3 is 13.7 Å². The van der Waals surface area contributed by atoms with E-state index >= 15 is 0 Å². The second-order valence-corrected chi connectivity index (χ2v) is 11.3. The minimum absolute atomic E-state index is 0.0511. The maximum Gasteiger partial charge on any atom is 0.406 e. The van der Waals surface area contributed by atoms with Gasteiger partial charge in [-0.3, -0.25) is 18.4 Å². The number of halogens is 1. The predicted molar refractivity (Wildman–Crippen MR) is 138 cm³/mol. The van der Waals surface area contributed by atoms with Gasteiger partial charge < -0.3 is 15.2 Å². The zero-order valence-corrected chi connectivity index (χ0v) is 22.3. The molecule has 5 atom stereocenters. The Kier molecular flexibility index (Phi) is 7.17. The molecule has 5 rings (SSSR count). The first-order valence-corrected chi connectivity index (χ1v) is 13.8. The van der Waals surface area contributed by atoms with Crippen LogP contribution in [0, 0.1) is 12.3 Å². The van der Waals surface area contributed by atoms with Gasteiger partial charge in [-0.1, -0.05) is 36.3 Å². The van der Waals surface area contributed by atoms with Crippen LogP contribution in [0.5, 0.6) is 0 Å². The van der Waals surface area contributed by atoms with Gasteiger partial charge in [0.2, 0.25) is 5.28 Å². The minimum Gasteiger partial charge on any atom is -0.462 e. The summed E-state index contributed by atoms with van der Waals surface area (Å²) in [5.41, 5.74) is 6.11. The predicted octanol–water partition coefficient (Wildman–Crippen LogP) is 3.03. The molecular weight excluding hydrogens is 535 g/mol. The number of imidazole rings is 1. The van der Waals surface area contributed by atoms with Crippen molar-refractivity contribution in [2.75, 3.05) is 12.3 Å². The van der Waals surface area contributed by atoms with Gasteiger partial charge in [-0.25, -0.2) is 14.6 Å². The summed E-state index contributed by atoms with van der Waals surface area (Å²) in [6.07, 6.45) is 5.80. The molecule has 2 aliphatic heterocycles. The fourth-order valence-electron chi connectivity index (χ4n) is 4.44. The van der Waals surface area contributed by atoms with E-state index in [-0.39, 0.29) is 36.7 Å². The molecule has 2 aromatic heterocycles. The normalized spacial score (nSPS) is 27.7. The van der Waals surface area contributed by atoms with Crippen molar-refractivity contribution in [1.29, 1.82) is 0 Å². The average molecular weight is 561 g/mol. The van der Waals surface area contributed by atoms with Crippen LogP contribution in [0.1, 0.15) is 32.1 Å². The van der Waals surface area contributed by atoms with Crippen LogP contribution < -0.4 is 10.8 Å². The summed E-state index contributed by atoms with van der Waals surface area (Å²) >= 11 is 5.99. The number of rotatable bonds is 7. The van der Waals surface area contributed by atoms with Gasteiger partial charge in [0.1, 0.15) is 30.5 Å². The van der Waals surface area contributed by atoms with Crippen LogP contribution >= 0.6 is 19.3 Å². The van der Waals surface area contributed by atoms with Crippen LogP contribution in [-0.4, -0.2) is 55.9 Å². The fourth-order valence-corrected chi connectivity index (χ4v) is 6.34. The van der Waals surface area contributed by atoms with Gasteiger partial charge in [0.05, 0.1) is 12.4 Å². The lowest BCUT2D eigenvalue weighted by Crippen LogP contribution is -2.50. The van der Waals surface area contributed by atoms with E-state index in [0.29, 0.717) is 11.2 Å². The summed E-state index contributed by atoms with van der Waals surface area (Å²) in [7, 11) is -4.01. The van der Waals surface area contributed by atoms with Gasteiger partial charge in [-0.2, -0.15) is 9.97 Å². The molecule has 14 heteroatoms. The maximum atomic E-state index is 13.8. The highest BCUT2D eigenvalue weighted by molar-refractivity contribution is 7.51. The highest BCUT2D eigenvalue weighted by atomic mass is 35.5. The molecular formula is C24H26ClN6O6P. The summed E-state index contributed by atoms with van der Waals surface area (Å²) < 4.78 is 38.5. The van der Waals surface area contributed by atoms with Crippen molar-refractivity contribution in [2.24, 2.45) is 0 Å². The van der Waals surface area contributed by atoms with Crippen molar-refractivity contribution >= 4 is 42.3 Å². The molecule has 0 bridgehead atoms. The summed E-state index contributed by atoms with van der Waals surface area (Å²) in [5, 5.41) is 2.72. The van der Waals surface area contributed by atoms with Crippen molar-refractivity contribution in [3.63, 3.8) is 0 Å². The molecule has 200 valence electrons. The van der Waals surface area contributed by atoms with Crippen molar-refractivity contribution in [3.8, 4) is 12.3 Å². The van der Waals surface area contributed by atoms with E-state index < -0.39 is 37.7 Å². The van der Waals surface area contributed by atoms with Crippen molar-refractivity contribution in [1.82, 2.24) is 24.6 Å². The SMILES string of the molecule is C#C[C@@]12COP(=O)(N[C@@H](Cc3ccccc3)C(=O)OC(C)C)O[C@H]1C[C@H](n1cnc3c(N)nc(Cl)nc31)O2. The molecule has 3 aromatic rings. The number of aromatic nitrogens is 4. The third-order valence-corrected chi connectivity index (χ3v) is 8.00. The number of carbonyl (C=O) groups excluding carboxylic acids is 1. The standard InChI is InChI=1S/C24H26ClN6O6P/c1-4-24-12-34-38(33,30-16(22(32)35-14(2)3)10-15-8-6-5-7-9-15)37-17(24)11-18(36-24)31-13-27-19-20(26)28-23(25)29-21(19)31/h1,5-9,13-14,16-18H,10-12H2,2-3H3,(H,30,33)(H2,26,28,29)/t16-,17-,18+,24+,38?/m0/s1. The summed E-state index contributed by atoms with van der Waals surface area (Å²) in [6, 6.07) is 8.26. The Morgan fingerprint density at radius 3 is 2.87 bits per heavy atom. The Bertz CT molecular complexity index is 1450. The van der Waals surface area contributed by atoms with E-state index in [2.05, 4.69) is 26.0 Å². The number of carbonyl (C=O) groups is 1. The molecule has 0 radical (unpaired) electrons. The topological polar surface area (TPSA) is 153 Å². The van der Waals surface area contributed by atoms with Gasteiger partial charge in [0.15, 0.2) is 17.1 Å². The van der Waals surface area contributed by atoms with E-state index in [0.717, 1.165) is 5.56 Å². The third kappa shape index (κ3) is 5.14. The molecule has 0 spiro atoms. The molecule has 2 saturated heterocycles. The number of ether oxygens (including phenoxy) is 2. The molecule has 12 nitrogen and oxygen atoms in total. The molecule has 1 aromatic carbocycles. The molecule has 0 aliphatic carbocycles. The number of anilines is 1. The van der Waals surface area contributed by atoms with Crippen LogP contribution in [0.15, 0.2) is 36.7 Å². The number of nitrogen functional groups attached to an aromatic ring is 1. The molecule has 0 saturated carbocycles. The fraction of sp³-hybridized carbons (Fsp3) is 0.417. The number of fused-ring (bicyclic) bond motifs is 2. The van der Waals surface area contributed by atoms with Crippen LogP contribution in [0.2, 0.25) is 5.28 Å². The Balaban J connectivity index is 1.38. The van der Waals surface area contributed by atoms with E-state index in [1.807, 2.05) is 30.3 Å². The maximum absolute atomic E-state index is 13.8. The van der Waals surface area contributed by atoms with E-state index in [4.69, 9.17) is 42.3 Å². The second kappa shape index (κ2) is 10.3. The lowest BCUT2D eigenvalue weighted by atomic mass is 9.99. The molecule has 2 aliphatic rings. The number of nitrogens with one attached hydrogen (secondary N) is 1. The number of nitrogens with zero attached hydrogens (tertiary/aromatic N) is 4. The summed E-state index contributed by atoms with van der Waals surface area (Å²) in [6.45, 7) is 3.22. The largest absolute Gasteiger partial charge is 0.462 e. The molecule has 4 heterocycles. The summed E-state index contributed by atoms with van der Waals surface area (Å²) in [5.74, 6) is 2.13. The highest BCUT2D eigenvalue weighted by Crippen LogP contribution is 2.56. The van der Waals surface area contributed by atoms with Gasteiger partial charge in [0, 0.05) is 6.42 Å². The first kappa shape index (κ1) is 26.6.